The maximum absolute atomic E-state index is 12.6. The lowest BCUT2D eigenvalue weighted by Crippen LogP contribution is -2.56. The van der Waals surface area contributed by atoms with E-state index in [9.17, 15) is 14.4 Å². The van der Waals surface area contributed by atoms with Crippen molar-refractivity contribution in [3.05, 3.63) is 35.4 Å². The number of benzene rings is 1. The van der Waals surface area contributed by atoms with Gasteiger partial charge in [-0.3, -0.25) is 14.4 Å². The van der Waals surface area contributed by atoms with Crippen LogP contribution in [0.4, 0.5) is 0 Å². The molecule has 3 N–H and O–H groups in total. The highest BCUT2D eigenvalue weighted by molar-refractivity contribution is 5.98. The van der Waals surface area contributed by atoms with Gasteiger partial charge < -0.3 is 16.0 Å². The van der Waals surface area contributed by atoms with Crippen molar-refractivity contribution >= 4 is 17.7 Å². The summed E-state index contributed by atoms with van der Waals surface area (Å²) in [6.45, 7) is 10.7. The predicted molar refractivity (Wildman–Crippen MR) is 105 cm³/mol. The Bertz CT molecular complexity index is 690. The van der Waals surface area contributed by atoms with Gasteiger partial charge in [-0.15, -0.1) is 0 Å². The highest BCUT2D eigenvalue weighted by Gasteiger charge is 2.30. The molecule has 0 saturated carbocycles. The summed E-state index contributed by atoms with van der Waals surface area (Å²) in [4.78, 5) is 37.1. The number of hydrogen-bond acceptors (Lipinski definition) is 3. The first-order valence-electron chi connectivity index (χ1n) is 9.59. The standard InChI is InChI=1S/C21H31N3O3/c1-13(2)17(20(27)23-16-7-6-12-22-19(16)26)24-18(25)14-8-10-15(11-9-14)21(3,4)5/h8-11,13,16-17H,6-7,12H2,1-5H3,(H,22,26)(H,23,27)(H,24,25). The van der Waals surface area contributed by atoms with Gasteiger partial charge in [0.1, 0.15) is 12.1 Å². The molecular formula is C21H31N3O3. The second-order valence-electron chi connectivity index (χ2n) is 8.52. The van der Waals surface area contributed by atoms with E-state index < -0.39 is 12.1 Å². The van der Waals surface area contributed by atoms with Crippen LogP contribution in [0.5, 0.6) is 0 Å². The van der Waals surface area contributed by atoms with E-state index in [0.717, 1.165) is 12.0 Å². The maximum atomic E-state index is 12.6. The first kappa shape index (κ1) is 20.9. The largest absolute Gasteiger partial charge is 0.354 e. The van der Waals surface area contributed by atoms with Crippen molar-refractivity contribution in [2.75, 3.05) is 6.54 Å². The molecule has 1 aliphatic heterocycles. The molecule has 0 radical (unpaired) electrons. The zero-order valence-electron chi connectivity index (χ0n) is 16.9. The molecule has 2 rings (SSSR count). The van der Waals surface area contributed by atoms with Crippen molar-refractivity contribution in [3.8, 4) is 0 Å². The van der Waals surface area contributed by atoms with Gasteiger partial charge in [-0.1, -0.05) is 46.8 Å². The quantitative estimate of drug-likeness (QED) is 0.739. The van der Waals surface area contributed by atoms with Crippen LogP contribution >= 0.6 is 0 Å². The second-order valence-corrected chi connectivity index (χ2v) is 8.52. The van der Waals surface area contributed by atoms with Crippen LogP contribution in [-0.4, -0.2) is 36.3 Å². The van der Waals surface area contributed by atoms with Gasteiger partial charge in [-0.25, -0.2) is 0 Å². The number of amides is 3. The number of carbonyl (C=O) groups excluding carboxylic acids is 3. The van der Waals surface area contributed by atoms with Crippen molar-refractivity contribution in [1.29, 1.82) is 0 Å². The van der Waals surface area contributed by atoms with Crippen LogP contribution in [0.15, 0.2) is 24.3 Å². The third kappa shape index (κ3) is 5.55. The van der Waals surface area contributed by atoms with Gasteiger partial charge in [0.05, 0.1) is 0 Å². The van der Waals surface area contributed by atoms with Gasteiger partial charge in [0, 0.05) is 12.1 Å². The lowest BCUT2D eigenvalue weighted by molar-refractivity contribution is -0.131. The minimum Gasteiger partial charge on any atom is -0.354 e. The Morgan fingerprint density at radius 3 is 2.30 bits per heavy atom. The van der Waals surface area contributed by atoms with Gasteiger partial charge in [0.15, 0.2) is 0 Å². The molecule has 6 nitrogen and oxygen atoms in total. The molecule has 1 aliphatic rings. The van der Waals surface area contributed by atoms with Crippen LogP contribution in [0.3, 0.4) is 0 Å². The normalized spacial score (nSPS) is 18.6. The summed E-state index contributed by atoms with van der Waals surface area (Å²) >= 11 is 0. The van der Waals surface area contributed by atoms with Crippen molar-refractivity contribution < 1.29 is 14.4 Å². The van der Waals surface area contributed by atoms with Crippen LogP contribution in [0, 0.1) is 5.92 Å². The van der Waals surface area contributed by atoms with Gasteiger partial charge in [0.25, 0.3) is 5.91 Å². The van der Waals surface area contributed by atoms with Crippen molar-refractivity contribution in [1.82, 2.24) is 16.0 Å². The van der Waals surface area contributed by atoms with E-state index in [0.29, 0.717) is 18.5 Å². The van der Waals surface area contributed by atoms with Gasteiger partial charge >= 0.3 is 0 Å². The Morgan fingerprint density at radius 2 is 1.78 bits per heavy atom. The molecule has 1 heterocycles. The Labute approximate surface area is 161 Å². The molecule has 3 amide bonds. The van der Waals surface area contributed by atoms with Crippen LogP contribution in [0.1, 0.15) is 63.4 Å². The third-order valence-corrected chi connectivity index (χ3v) is 4.85. The van der Waals surface area contributed by atoms with E-state index in [1.165, 1.54) is 0 Å². The Hall–Kier alpha value is -2.37. The van der Waals surface area contributed by atoms with E-state index in [-0.39, 0.29) is 29.1 Å². The van der Waals surface area contributed by atoms with Crippen LogP contribution in [0.25, 0.3) is 0 Å². The SMILES string of the molecule is CC(C)C(NC(=O)c1ccc(C(C)(C)C)cc1)C(=O)NC1CCCNC1=O. The molecule has 1 aromatic carbocycles. The molecule has 27 heavy (non-hydrogen) atoms. The molecule has 0 aromatic heterocycles. The van der Waals surface area contributed by atoms with Crippen molar-refractivity contribution in [2.45, 2.75) is 65.0 Å². The Balaban J connectivity index is 2.05. The smallest absolute Gasteiger partial charge is 0.251 e. The summed E-state index contributed by atoms with van der Waals surface area (Å²) in [5.41, 5.74) is 1.66. The highest BCUT2D eigenvalue weighted by atomic mass is 16.2. The molecule has 6 heteroatoms. The summed E-state index contributed by atoms with van der Waals surface area (Å²) in [7, 11) is 0. The third-order valence-electron chi connectivity index (χ3n) is 4.85. The Kier molecular flexibility index (Phi) is 6.63. The van der Waals surface area contributed by atoms with Gasteiger partial charge in [-0.2, -0.15) is 0 Å². The topological polar surface area (TPSA) is 87.3 Å². The van der Waals surface area contributed by atoms with Crippen molar-refractivity contribution in [3.63, 3.8) is 0 Å². The van der Waals surface area contributed by atoms with E-state index >= 15 is 0 Å². The van der Waals surface area contributed by atoms with Gasteiger partial charge in [-0.05, 0) is 41.9 Å². The van der Waals surface area contributed by atoms with Crippen LogP contribution < -0.4 is 16.0 Å². The summed E-state index contributed by atoms with van der Waals surface area (Å²) in [6, 6.07) is 6.20. The average Bonchev–Trinajstić information content (AvgIpc) is 2.60. The highest BCUT2D eigenvalue weighted by Crippen LogP contribution is 2.22. The zero-order chi connectivity index (χ0) is 20.2. The first-order valence-corrected chi connectivity index (χ1v) is 9.59. The zero-order valence-corrected chi connectivity index (χ0v) is 16.9. The monoisotopic (exact) mass is 373 g/mol. The minimum absolute atomic E-state index is 0.00985. The molecule has 2 unspecified atom stereocenters. The summed E-state index contributed by atoms with van der Waals surface area (Å²) < 4.78 is 0. The molecule has 1 aromatic rings. The minimum atomic E-state index is -0.700. The lowest BCUT2D eigenvalue weighted by Gasteiger charge is -2.27. The fourth-order valence-corrected chi connectivity index (χ4v) is 3.05. The lowest BCUT2D eigenvalue weighted by atomic mass is 9.86. The first-order chi connectivity index (χ1) is 12.6. The number of hydrogen-bond donors (Lipinski definition) is 3. The van der Waals surface area contributed by atoms with E-state index in [1.807, 2.05) is 26.0 Å². The Morgan fingerprint density at radius 1 is 1.15 bits per heavy atom. The summed E-state index contributed by atoms with van der Waals surface area (Å²) in [6.07, 6.45) is 1.44. The second kappa shape index (κ2) is 8.55. The van der Waals surface area contributed by atoms with E-state index in [4.69, 9.17) is 0 Å². The molecular weight excluding hydrogens is 342 g/mol. The summed E-state index contributed by atoms with van der Waals surface area (Å²) in [5, 5.41) is 8.33. The summed E-state index contributed by atoms with van der Waals surface area (Å²) in [5.74, 6) is -0.889. The van der Waals surface area contributed by atoms with Crippen LogP contribution in [0.2, 0.25) is 0 Å². The molecule has 2 atom stereocenters. The number of piperidine rings is 1. The average molecular weight is 373 g/mol. The fraction of sp³-hybridized carbons (Fsp3) is 0.571. The van der Waals surface area contributed by atoms with Gasteiger partial charge in [0.2, 0.25) is 11.8 Å². The van der Waals surface area contributed by atoms with E-state index in [1.54, 1.807) is 12.1 Å². The number of rotatable bonds is 5. The number of carbonyl (C=O) groups is 3. The molecule has 1 saturated heterocycles. The fourth-order valence-electron chi connectivity index (χ4n) is 3.05. The maximum Gasteiger partial charge on any atom is 0.251 e. The molecule has 0 aliphatic carbocycles. The predicted octanol–water partition coefficient (Wildman–Crippen LogP) is 2.13. The molecule has 0 spiro atoms. The molecule has 0 bridgehead atoms. The van der Waals surface area contributed by atoms with E-state index in [2.05, 4.69) is 36.7 Å². The molecule has 1 fully saturated rings. The molecule has 148 valence electrons. The van der Waals surface area contributed by atoms with Crippen LogP contribution in [-0.2, 0) is 15.0 Å². The van der Waals surface area contributed by atoms with Crippen molar-refractivity contribution in [2.24, 2.45) is 5.92 Å². The number of nitrogens with one attached hydrogen (secondary N) is 3.